The van der Waals surface area contributed by atoms with E-state index in [1.54, 1.807) is 50.6 Å². The van der Waals surface area contributed by atoms with Gasteiger partial charge in [-0.25, -0.2) is 9.78 Å². The van der Waals surface area contributed by atoms with Crippen LogP contribution in [0, 0.1) is 0 Å². The van der Waals surface area contributed by atoms with Gasteiger partial charge in [-0.2, -0.15) is 0 Å². The van der Waals surface area contributed by atoms with Crippen molar-refractivity contribution in [1.82, 2.24) is 15.8 Å². The molecule has 0 atom stereocenters. The van der Waals surface area contributed by atoms with E-state index in [-0.39, 0.29) is 5.11 Å². The Labute approximate surface area is 266 Å². The predicted octanol–water partition coefficient (Wildman–Crippen LogP) is 7.40. The molecule has 0 aliphatic heterocycles. The quantitative estimate of drug-likeness (QED) is 0.0792. The second-order valence-corrected chi connectivity index (χ2v) is 10.7. The lowest BCUT2D eigenvalue weighted by Crippen LogP contribution is -2.43. The second-order valence-electron chi connectivity index (χ2n) is 9.22. The molecule has 4 aromatic rings. The number of methoxy groups -OCH3 is 3. The van der Waals surface area contributed by atoms with Crippen molar-refractivity contribution < 1.29 is 23.8 Å². The largest absolute Gasteiger partial charge is 0.497 e. The first-order valence-corrected chi connectivity index (χ1v) is 14.9. The number of ether oxygens (including phenoxy) is 3. The van der Waals surface area contributed by atoms with E-state index in [1.165, 1.54) is 18.4 Å². The van der Waals surface area contributed by atoms with Crippen LogP contribution in [0.3, 0.4) is 0 Å². The third-order valence-corrected chi connectivity index (χ3v) is 7.59. The van der Waals surface area contributed by atoms with Gasteiger partial charge in [0.1, 0.15) is 16.5 Å². The maximum atomic E-state index is 13.4. The molecule has 0 bridgehead atoms. The zero-order valence-corrected chi connectivity index (χ0v) is 27.2. The molecule has 0 radical (unpaired) electrons. The molecule has 1 amide bonds. The zero-order chi connectivity index (χ0) is 32.2. The summed E-state index contributed by atoms with van der Waals surface area (Å²) in [5.41, 5.74) is 9.00. The average molecular weight is 633 g/mol. The number of carbonyl (C=O) groups is 2. The van der Waals surface area contributed by atoms with Gasteiger partial charge in [0.05, 0.1) is 43.7 Å². The average Bonchev–Trinajstić information content (AvgIpc) is 3.46. The van der Waals surface area contributed by atoms with Gasteiger partial charge in [-0.3, -0.25) is 15.6 Å². The van der Waals surface area contributed by atoms with Gasteiger partial charge >= 0.3 is 5.97 Å². The van der Waals surface area contributed by atoms with Crippen LogP contribution in [0.2, 0.25) is 0 Å². The van der Waals surface area contributed by atoms with E-state index in [0.717, 1.165) is 16.9 Å². The van der Waals surface area contributed by atoms with Crippen LogP contribution in [-0.4, -0.2) is 43.3 Å². The van der Waals surface area contributed by atoms with Gasteiger partial charge in [0.2, 0.25) is 0 Å². The molecule has 44 heavy (non-hydrogen) atoms. The molecule has 4 rings (SSSR count). The number of thiophene rings is 1. The number of rotatable bonds is 8. The standard InChI is InChI=1S/C30H30N4O5S2.C3H6/c1-6-9-17(2)26-16-22(29(36)39-5)28(41-26)32-30(40)34-33-27(35)20-15-24(31-23-11-8-7-10-19(20)23)21-14-18(37-3)12-13-25(21)38-4;1-3-2/h7-16H,6H2,1-5H3,(H,33,35)(H2,32,34,40);3H,1H2,2H3/b17-9+;. The van der Waals surface area contributed by atoms with Crippen molar-refractivity contribution in [2.24, 2.45) is 0 Å². The molecule has 0 saturated heterocycles. The van der Waals surface area contributed by atoms with E-state index in [4.69, 9.17) is 31.4 Å². The maximum Gasteiger partial charge on any atom is 0.340 e. The first kappa shape index (κ1) is 33.8. The molecule has 2 heterocycles. The molecule has 0 saturated carbocycles. The van der Waals surface area contributed by atoms with Gasteiger partial charge in [0.15, 0.2) is 5.11 Å². The maximum absolute atomic E-state index is 13.4. The number of benzene rings is 2. The molecular weight excluding hydrogens is 597 g/mol. The van der Waals surface area contributed by atoms with Crippen molar-refractivity contribution in [3.63, 3.8) is 0 Å². The number of thiocarbonyl (C=S) groups is 1. The van der Waals surface area contributed by atoms with Crippen LogP contribution in [0.5, 0.6) is 11.5 Å². The van der Waals surface area contributed by atoms with Crippen LogP contribution < -0.4 is 25.6 Å². The molecule has 0 spiro atoms. The highest BCUT2D eigenvalue weighted by Crippen LogP contribution is 2.35. The van der Waals surface area contributed by atoms with Crippen LogP contribution in [0.25, 0.3) is 27.7 Å². The van der Waals surface area contributed by atoms with Gasteiger partial charge in [-0.15, -0.1) is 17.9 Å². The summed E-state index contributed by atoms with van der Waals surface area (Å²) in [4.78, 5) is 31.5. The lowest BCUT2D eigenvalue weighted by atomic mass is 10.0. The number of aromatic nitrogens is 1. The second kappa shape index (κ2) is 16.2. The summed E-state index contributed by atoms with van der Waals surface area (Å²) in [6.45, 7) is 9.27. The molecule has 11 heteroatoms. The van der Waals surface area contributed by atoms with Crippen molar-refractivity contribution in [3.8, 4) is 22.8 Å². The van der Waals surface area contributed by atoms with E-state index in [9.17, 15) is 9.59 Å². The molecule has 3 N–H and O–H groups in total. The van der Waals surface area contributed by atoms with Gasteiger partial charge in [0.25, 0.3) is 5.91 Å². The molecular formula is C33H36N4O5S2. The molecule has 9 nitrogen and oxygen atoms in total. The molecule has 0 unspecified atom stereocenters. The van der Waals surface area contributed by atoms with Crippen LogP contribution in [0.15, 0.2) is 73.3 Å². The number of anilines is 1. The number of amides is 1. The van der Waals surface area contributed by atoms with Crippen LogP contribution in [0.1, 0.15) is 52.8 Å². The minimum absolute atomic E-state index is 0.0991. The Morgan fingerprint density at radius 3 is 2.41 bits per heavy atom. The monoisotopic (exact) mass is 632 g/mol. The smallest absolute Gasteiger partial charge is 0.340 e. The van der Waals surface area contributed by atoms with Crippen molar-refractivity contribution in [3.05, 3.63) is 89.3 Å². The highest BCUT2D eigenvalue weighted by molar-refractivity contribution is 7.80. The SMILES string of the molecule is C=CC.CC/C=C(\C)c1cc(C(=O)OC)c(NC(=S)NNC(=O)c2cc(-c3cc(OC)ccc3OC)nc3ccccc23)s1. The van der Waals surface area contributed by atoms with E-state index in [1.807, 2.05) is 45.0 Å². The normalized spacial score (nSPS) is 10.6. The Hall–Kier alpha value is -4.74. The highest BCUT2D eigenvalue weighted by Gasteiger charge is 2.20. The number of hydrazine groups is 1. The third-order valence-electron chi connectivity index (χ3n) is 6.20. The Morgan fingerprint density at radius 2 is 1.75 bits per heavy atom. The number of allylic oxidation sites excluding steroid dienone is 3. The fourth-order valence-corrected chi connectivity index (χ4v) is 5.44. The van der Waals surface area contributed by atoms with Gasteiger partial charge in [-0.1, -0.05) is 37.3 Å². The number of esters is 1. The minimum atomic E-state index is -0.491. The van der Waals surface area contributed by atoms with Gasteiger partial charge in [0, 0.05) is 15.8 Å². The highest BCUT2D eigenvalue weighted by atomic mass is 32.1. The third kappa shape index (κ3) is 8.21. The predicted molar refractivity (Wildman–Crippen MR) is 183 cm³/mol. The van der Waals surface area contributed by atoms with Crippen LogP contribution >= 0.6 is 23.6 Å². The van der Waals surface area contributed by atoms with Crippen molar-refractivity contribution in [2.75, 3.05) is 26.6 Å². The number of nitrogens with one attached hydrogen (secondary N) is 3. The Morgan fingerprint density at radius 1 is 1.02 bits per heavy atom. The topological polar surface area (TPSA) is 111 Å². The summed E-state index contributed by atoms with van der Waals surface area (Å²) in [5, 5.41) is 4.27. The number of hydrogen-bond acceptors (Lipinski definition) is 8. The number of fused-ring (bicyclic) bond motifs is 1. The first-order valence-electron chi connectivity index (χ1n) is 13.7. The fourth-order valence-electron chi connectivity index (χ4n) is 4.18. The van der Waals surface area contributed by atoms with E-state index in [2.05, 4.69) is 28.8 Å². The first-order chi connectivity index (χ1) is 21.2. The summed E-state index contributed by atoms with van der Waals surface area (Å²) in [5.74, 6) is 0.292. The summed E-state index contributed by atoms with van der Waals surface area (Å²) in [6.07, 6.45) is 4.68. The Balaban J connectivity index is 0.00000169. The number of para-hydroxylation sites is 1. The molecule has 0 aliphatic carbocycles. The molecule has 230 valence electrons. The lowest BCUT2D eigenvalue weighted by molar-refractivity contribution is 0.0602. The van der Waals surface area contributed by atoms with Gasteiger partial charge < -0.3 is 19.5 Å². The fraction of sp³-hybridized carbons (Fsp3) is 0.212. The number of hydrogen-bond donors (Lipinski definition) is 3. The molecule has 2 aromatic heterocycles. The summed E-state index contributed by atoms with van der Waals surface area (Å²) in [7, 11) is 4.47. The van der Waals surface area contributed by atoms with Crippen LogP contribution in [0.4, 0.5) is 5.00 Å². The summed E-state index contributed by atoms with van der Waals surface area (Å²) in [6, 6.07) is 16.2. The number of pyridine rings is 1. The summed E-state index contributed by atoms with van der Waals surface area (Å²) < 4.78 is 15.9. The van der Waals surface area contributed by atoms with Crippen molar-refractivity contribution in [1.29, 1.82) is 0 Å². The van der Waals surface area contributed by atoms with E-state index >= 15 is 0 Å². The number of nitrogens with zero attached hydrogens (tertiary/aromatic N) is 1. The Kier molecular flexibility index (Phi) is 12.4. The van der Waals surface area contributed by atoms with Crippen LogP contribution in [-0.2, 0) is 4.74 Å². The lowest BCUT2D eigenvalue weighted by Gasteiger charge is -2.15. The minimum Gasteiger partial charge on any atom is -0.497 e. The Bertz CT molecular complexity index is 1700. The summed E-state index contributed by atoms with van der Waals surface area (Å²) >= 11 is 6.80. The van der Waals surface area contributed by atoms with Crippen molar-refractivity contribution >= 4 is 62.0 Å². The molecule has 0 fully saturated rings. The zero-order valence-electron chi connectivity index (χ0n) is 25.6. The van der Waals surface area contributed by atoms with Gasteiger partial charge in [-0.05, 0) is 74.5 Å². The van der Waals surface area contributed by atoms with E-state index in [0.29, 0.717) is 49.8 Å². The van der Waals surface area contributed by atoms with Crippen molar-refractivity contribution in [2.45, 2.75) is 27.2 Å². The number of carbonyl (C=O) groups excluding carboxylic acids is 2. The molecule has 0 aliphatic rings. The van der Waals surface area contributed by atoms with E-state index < -0.39 is 11.9 Å². The molecule has 2 aromatic carbocycles.